The number of rotatable bonds is 2. The van der Waals surface area contributed by atoms with Crippen LogP contribution in [0, 0.1) is 18.3 Å². The quantitative estimate of drug-likeness (QED) is 0.880. The fraction of sp³-hybridized carbons (Fsp3) is 0.200. The molecule has 0 saturated carbocycles. The lowest BCUT2D eigenvalue weighted by atomic mass is 10.1. The zero-order valence-electron chi connectivity index (χ0n) is 7.54. The molecule has 0 fully saturated rings. The standard InChI is InChI=1S/C10H8BrNO2/c1-6-2-7(5-12)3-8(10(6)11)4-9(13)14/h2-3H,4H2,1H3,(H,13,14). The predicted octanol–water partition coefficient (Wildman–Crippen LogP) is 2.26. The molecular weight excluding hydrogens is 246 g/mol. The molecule has 0 unspecified atom stereocenters. The molecule has 0 aromatic heterocycles. The second-order valence-electron chi connectivity index (χ2n) is 2.95. The first-order valence-corrected chi connectivity index (χ1v) is 4.75. The van der Waals surface area contributed by atoms with E-state index >= 15 is 0 Å². The van der Waals surface area contributed by atoms with E-state index in [0.29, 0.717) is 11.1 Å². The average molecular weight is 254 g/mol. The molecule has 1 aromatic carbocycles. The molecule has 1 aromatic rings. The summed E-state index contributed by atoms with van der Waals surface area (Å²) in [6.07, 6.45) is -0.0725. The Morgan fingerprint density at radius 2 is 2.29 bits per heavy atom. The number of hydrogen-bond donors (Lipinski definition) is 1. The van der Waals surface area contributed by atoms with Gasteiger partial charge in [-0.05, 0) is 30.2 Å². The van der Waals surface area contributed by atoms with Crippen molar-refractivity contribution in [3.8, 4) is 6.07 Å². The third-order valence-electron chi connectivity index (χ3n) is 1.80. The van der Waals surface area contributed by atoms with Crippen molar-refractivity contribution in [1.29, 1.82) is 5.26 Å². The van der Waals surface area contributed by atoms with E-state index in [4.69, 9.17) is 10.4 Å². The van der Waals surface area contributed by atoms with Crippen LogP contribution in [0.25, 0.3) is 0 Å². The number of benzene rings is 1. The maximum atomic E-state index is 10.5. The molecule has 3 nitrogen and oxygen atoms in total. The van der Waals surface area contributed by atoms with Crippen LogP contribution < -0.4 is 0 Å². The highest BCUT2D eigenvalue weighted by atomic mass is 79.9. The Kier molecular flexibility index (Phi) is 3.26. The number of nitrogens with zero attached hydrogens (tertiary/aromatic N) is 1. The van der Waals surface area contributed by atoms with Crippen LogP contribution in [0.1, 0.15) is 16.7 Å². The van der Waals surface area contributed by atoms with Gasteiger partial charge in [-0.25, -0.2) is 0 Å². The van der Waals surface area contributed by atoms with Crippen LogP contribution in [0.3, 0.4) is 0 Å². The first-order chi connectivity index (χ1) is 6.54. The van der Waals surface area contributed by atoms with E-state index < -0.39 is 5.97 Å². The Morgan fingerprint density at radius 1 is 1.64 bits per heavy atom. The van der Waals surface area contributed by atoms with Gasteiger partial charge in [0.1, 0.15) is 0 Å². The summed E-state index contributed by atoms with van der Waals surface area (Å²) in [6.45, 7) is 1.83. The van der Waals surface area contributed by atoms with Crippen LogP contribution in [0.15, 0.2) is 16.6 Å². The van der Waals surface area contributed by atoms with Gasteiger partial charge in [-0.2, -0.15) is 5.26 Å². The molecule has 0 atom stereocenters. The van der Waals surface area contributed by atoms with E-state index in [-0.39, 0.29) is 6.42 Å². The zero-order valence-corrected chi connectivity index (χ0v) is 9.13. The van der Waals surface area contributed by atoms with E-state index in [0.717, 1.165) is 10.0 Å². The molecule has 0 radical (unpaired) electrons. The zero-order chi connectivity index (χ0) is 10.7. The number of carbonyl (C=O) groups is 1. The molecule has 72 valence electrons. The van der Waals surface area contributed by atoms with E-state index in [9.17, 15) is 4.79 Å². The lowest BCUT2D eigenvalue weighted by Crippen LogP contribution is -2.02. The molecule has 0 aliphatic rings. The van der Waals surface area contributed by atoms with Crippen LogP contribution in [-0.2, 0) is 11.2 Å². The minimum absolute atomic E-state index is 0.0725. The van der Waals surface area contributed by atoms with Crippen LogP contribution in [0.4, 0.5) is 0 Å². The van der Waals surface area contributed by atoms with Gasteiger partial charge in [0.05, 0.1) is 18.1 Å². The molecule has 0 bridgehead atoms. The van der Waals surface area contributed by atoms with E-state index in [1.54, 1.807) is 12.1 Å². The third kappa shape index (κ3) is 2.33. The van der Waals surface area contributed by atoms with Crippen molar-refractivity contribution in [1.82, 2.24) is 0 Å². The highest BCUT2D eigenvalue weighted by Crippen LogP contribution is 2.23. The summed E-state index contributed by atoms with van der Waals surface area (Å²) in [5.74, 6) is -0.903. The van der Waals surface area contributed by atoms with Crippen molar-refractivity contribution >= 4 is 21.9 Å². The fourth-order valence-electron chi connectivity index (χ4n) is 1.20. The first kappa shape index (κ1) is 10.7. The second kappa shape index (κ2) is 4.25. The minimum atomic E-state index is -0.903. The number of carboxylic acids is 1. The lowest BCUT2D eigenvalue weighted by Gasteiger charge is -2.05. The highest BCUT2D eigenvalue weighted by molar-refractivity contribution is 9.10. The smallest absolute Gasteiger partial charge is 0.307 e. The molecule has 4 heteroatoms. The molecule has 0 heterocycles. The van der Waals surface area contributed by atoms with E-state index in [1.165, 1.54) is 0 Å². The van der Waals surface area contributed by atoms with Crippen molar-refractivity contribution < 1.29 is 9.90 Å². The number of nitriles is 1. The maximum Gasteiger partial charge on any atom is 0.307 e. The van der Waals surface area contributed by atoms with Crippen molar-refractivity contribution in [2.45, 2.75) is 13.3 Å². The Morgan fingerprint density at radius 3 is 2.79 bits per heavy atom. The van der Waals surface area contributed by atoms with Crippen molar-refractivity contribution in [3.63, 3.8) is 0 Å². The summed E-state index contributed by atoms with van der Waals surface area (Å²) in [4.78, 5) is 10.5. The normalized spacial score (nSPS) is 9.50. The second-order valence-corrected chi connectivity index (χ2v) is 3.74. The van der Waals surface area contributed by atoms with Gasteiger partial charge >= 0.3 is 5.97 Å². The molecule has 0 saturated heterocycles. The number of carboxylic acid groups (broad SMARTS) is 1. The van der Waals surface area contributed by atoms with Gasteiger partial charge in [-0.3, -0.25) is 4.79 Å². The molecule has 0 aliphatic heterocycles. The van der Waals surface area contributed by atoms with Gasteiger partial charge in [-0.15, -0.1) is 0 Å². The number of hydrogen-bond acceptors (Lipinski definition) is 2. The van der Waals surface area contributed by atoms with E-state index in [2.05, 4.69) is 15.9 Å². The molecule has 0 aliphatic carbocycles. The summed E-state index contributed by atoms with van der Waals surface area (Å²) in [5.41, 5.74) is 2.00. The van der Waals surface area contributed by atoms with E-state index in [1.807, 2.05) is 13.0 Å². The van der Waals surface area contributed by atoms with Gasteiger partial charge in [0.25, 0.3) is 0 Å². The number of aliphatic carboxylic acids is 1. The predicted molar refractivity (Wildman–Crippen MR) is 54.9 cm³/mol. The van der Waals surface area contributed by atoms with Gasteiger partial charge in [0.15, 0.2) is 0 Å². The SMILES string of the molecule is Cc1cc(C#N)cc(CC(=O)O)c1Br. The summed E-state index contributed by atoms with van der Waals surface area (Å²) in [5, 5.41) is 17.3. The summed E-state index contributed by atoms with van der Waals surface area (Å²) >= 11 is 3.30. The van der Waals surface area contributed by atoms with Gasteiger partial charge in [-0.1, -0.05) is 15.9 Å². The Balaban J connectivity index is 3.21. The summed E-state index contributed by atoms with van der Waals surface area (Å²) < 4.78 is 0.763. The lowest BCUT2D eigenvalue weighted by molar-refractivity contribution is -0.136. The fourth-order valence-corrected chi connectivity index (χ4v) is 1.57. The van der Waals surface area contributed by atoms with Crippen molar-refractivity contribution in [2.75, 3.05) is 0 Å². The monoisotopic (exact) mass is 253 g/mol. The van der Waals surface area contributed by atoms with Gasteiger partial charge in [0.2, 0.25) is 0 Å². The minimum Gasteiger partial charge on any atom is -0.481 e. The molecular formula is C10H8BrNO2. The Bertz CT molecular complexity index is 421. The molecule has 14 heavy (non-hydrogen) atoms. The first-order valence-electron chi connectivity index (χ1n) is 3.95. The molecule has 0 amide bonds. The Hall–Kier alpha value is -1.34. The van der Waals surface area contributed by atoms with Crippen LogP contribution >= 0.6 is 15.9 Å². The molecule has 0 spiro atoms. The largest absolute Gasteiger partial charge is 0.481 e. The van der Waals surface area contributed by atoms with Gasteiger partial charge < -0.3 is 5.11 Å². The third-order valence-corrected chi connectivity index (χ3v) is 2.94. The average Bonchev–Trinajstić information content (AvgIpc) is 2.11. The summed E-state index contributed by atoms with van der Waals surface area (Å²) in [6, 6.07) is 5.30. The van der Waals surface area contributed by atoms with Crippen LogP contribution in [0.5, 0.6) is 0 Å². The Labute approximate surface area is 90.1 Å². The van der Waals surface area contributed by atoms with Crippen LogP contribution in [0.2, 0.25) is 0 Å². The maximum absolute atomic E-state index is 10.5. The van der Waals surface area contributed by atoms with Crippen molar-refractivity contribution in [2.24, 2.45) is 0 Å². The van der Waals surface area contributed by atoms with Crippen molar-refractivity contribution in [3.05, 3.63) is 33.3 Å². The summed E-state index contributed by atoms with van der Waals surface area (Å²) in [7, 11) is 0. The van der Waals surface area contributed by atoms with Crippen LogP contribution in [-0.4, -0.2) is 11.1 Å². The number of halogens is 1. The molecule has 1 rings (SSSR count). The highest BCUT2D eigenvalue weighted by Gasteiger charge is 2.08. The number of aryl methyl sites for hydroxylation is 1. The topological polar surface area (TPSA) is 61.1 Å². The van der Waals surface area contributed by atoms with Gasteiger partial charge in [0, 0.05) is 4.47 Å². The molecule has 1 N–H and O–H groups in total.